The van der Waals surface area contributed by atoms with Gasteiger partial charge in [-0.2, -0.15) is 0 Å². The minimum atomic E-state index is -0.0314. The van der Waals surface area contributed by atoms with Crippen LogP contribution in [0.1, 0.15) is 0 Å². The molecule has 4 nitrogen and oxygen atoms in total. The molecular weight excluding hydrogens is 190 g/mol. The van der Waals surface area contributed by atoms with Crippen molar-refractivity contribution in [3.05, 3.63) is 30.3 Å². The summed E-state index contributed by atoms with van der Waals surface area (Å²) in [6.07, 6.45) is 0. The predicted molar refractivity (Wildman–Crippen MR) is 58.9 cm³/mol. The van der Waals surface area contributed by atoms with Crippen molar-refractivity contribution in [1.29, 1.82) is 0 Å². The van der Waals surface area contributed by atoms with E-state index in [1.54, 1.807) is 4.90 Å². The van der Waals surface area contributed by atoms with Crippen molar-refractivity contribution in [3.8, 4) is 0 Å². The molecule has 4 heteroatoms. The average Bonchev–Trinajstić information content (AvgIpc) is 2.31. The quantitative estimate of drug-likeness (QED) is 0.732. The number of rotatable bonds is 1. The van der Waals surface area contributed by atoms with E-state index in [2.05, 4.69) is 10.6 Å². The van der Waals surface area contributed by atoms with E-state index >= 15 is 0 Å². The van der Waals surface area contributed by atoms with Crippen molar-refractivity contribution >= 4 is 11.7 Å². The van der Waals surface area contributed by atoms with E-state index in [1.165, 1.54) is 0 Å². The number of amides is 2. The number of piperazine rings is 1. The Bertz CT molecular complexity index is 320. The van der Waals surface area contributed by atoms with Gasteiger partial charge in [-0.15, -0.1) is 0 Å². The number of para-hydroxylation sites is 1. The first-order chi connectivity index (χ1) is 7.36. The molecule has 1 N–H and O–H groups in total. The molecule has 0 aliphatic carbocycles. The van der Waals surface area contributed by atoms with Gasteiger partial charge in [-0.25, -0.2) is 10.1 Å². The molecule has 15 heavy (non-hydrogen) atoms. The fraction of sp³-hybridized carbons (Fsp3) is 0.364. The van der Waals surface area contributed by atoms with Gasteiger partial charge >= 0.3 is 6.03 Å². The second-order valence-electron chi connectivity index (χ2n) is 3.45. The third kappa shape index (κ3) is 2.70. The lowest BCUT2D eigenvalue weighted by Crippen LogP contribution is -2.45. The highest BCUT2D eigenvalue weighted by molar-refractivity contribution is 5.89. The highest BCUT2D eigenvalue weighted by atomic mass is 16.2. The van der Waals surface area contributed by atoms with Crippen LogP contribution >= 0.6 is 0 Å². The maximum absolute atomic E-state index is 11.7. The number of benzene rings is 1. The monoisotopic (exact) mass is 204 g/mol. The summed E-state index contributed by atoms with van der Waals surface area (Å²) in [6, 6.07) is 9.46. The van der Waals surface area contributed by atoms with E-state index in [-0.39, 0.29) is 6.03 Å². The summed E-state index contributed by atoms with van der Waals surface area (Å²) in [5, 5.41) is 7.05. The van der Waals surface area contributed by atoms with Gasteiger partial charge in [0.2, 0.25) is 0 Å². The van der Waals surface area contributed by atoms with Crippen LogP contribution in [0.15, 0.2) is 30.3 Å². The zero-order chi connectivity index (χ0) is 10.5. The highest BCUT2D eigenvalue weighted by Gasteiger charge is 2.16. The van der Waals surface area contributed by atoms with Crippen LogP contribution in [0.2, 0.25) is 0 Å². The van der Waals surface area contributed by atoms with Gasteiger partial charge in [-0.3, -0.25) is 0 Å². The molecule has 0 bridgehead atoms. The lowest BCUT2D eigenvalue weighted by molar-refractivity contribution is 0.203. The molecule has 79 valence electrons. The van der Waals surface area contributed by atoms with Gasteiger partial charge in [-0.05, 0) is 12.1 Å². The van der Waals surface area contributed by atoms with E-state index < -0.39 is 0 Å². The first kappa shape index (κ1) is 9.98. The molecule has 1 aromatic rings. The second kappa shape index (κ2) is 4.79. The van der Waals surface area contributed by atoms with E-state index in [9.17, 15) is 4.79 Å². The van der Waals surface area contributed by atoms with Crippen LogP contribution in [0.5, 0.6) is 0 Å². The van der Waals surface area contributed by atoms with Crippen LogP contribution in [0.3, 0.4) is 0 Å². The van der Waals surface area contributed by atoms with Crippen LogP contribution in [0.4, 0.5) is 10.5 Å². The third-order valence-electron chi connectivity index (χ3n) is 2.37. The average molecular weight is 204 g/mol. The Hall–Kier alpha value is -1.55. The lowest BCUT2D eigenvalue weighted by atomic mass is 10.3. The number of hydrogen-bond donors (Lipinski definition) is 1. The Morgan fingerprint density at radius 3 is 2.53 bits per heavy atom. The predicted octanol–water partition coefficient (Wildman–Crippen LogP) is 1.14. The van der Waals surface area contributed by atoms with E-state index in [0.717, 1.165) is 31.9 Å². The standard InChI is InChI=1S/C11H14N3O/c15-11(14-8-6-12-7-9-14)13-10-4-2-1-3-5-10/h1-5H,6-9H2,(H,13,15). The Kier molecular flexibility index (Phi) is 3.19. The molecular formula is C11H14N3O. The van der Waals surface area contributed by atoms with Crippen LogP contribution in [0, 0.1) is 0 Å². The fourth-order valence-corrected chi connectivity index (χ4v) is 1.53. The van der Waals surface area contributed by atoms with E-state index in [4.69, 9.17) is 0 Å². The van der Waals surface area contributed by atoms with Crippen molar-refractivity contribution in [2.45, 2.75) is 0 Å². The van der Waals surface area contributed by atoms with Crippen LogP contribution in [-0.4, -0.2) is 37.1 Å². The van der Waals surface area contributed by atoms with Gasteiger partial charge in [-0.1, -0.05) is 18.2 Å². The topological polar surface area (TPSA) is 46.4 Å². The Balaban J connectivity index is 1.91. The number of urea groups is 1. The largest absolute Gasteiger partial charge is 0.322 e. The van der Waals surface area contributed by atoms with Gasteiger partial charge in [0.05, 0.1) is 0 Å². The first-order valence-electron chi connectivity index (χ1n) is 5.10. The molecule has 0 spiro atoms. The smallest absolute Gasteiger partial charge is 0.321 e. The molecule has 1 aliphatic heterocycles. The minimum Gasteiger partial charge on any atom is -0.322 e. The molecule has 0 atom stereocenters. The third-order valence-corrected chi connectivity index (χ3v) is 2.37. The zero-order valence-corrected chi connectivity index (χ0v) is 8.52. The van der Waals surface area contributed by atoms with E-state index in [0.29, 0.717) is 0 Å². The molecule has 2 amide bonds. The van der Waals surface area contributed by atoms with Crippen LogP contribution < -0.4 is 10.6 Å². The summed E-state index contributed by atoms with van der Waals surface area (Å²) in [4.78, 5) is 13.5. The molecule has 1 radical (unpaired) electrons. The van der Waals surface area contributed by atoms with Gasteiger partial charge in [0.25, 0.3) is 0 Å². The maximum Gasteiger partial charge on any atom is 0.321 e. The molecule has 1 aromatic carbocycles. The van der Waals surface area contributed by atoms with Gasteiger partial charge in [0.15, 0.2) is 0 Å². The Labute approximate surface area is 89.3 Å². The normalized spacial score (nSPS) is 16.1. The van der Waals surface area contributed by atoms with Crippen molar-refractivity contribution < 1.29 is 4.79 Å². The number of hydrogen-bond acceptors (Lipinski definition) is 1. The number of nitrogens with one attached hydrogen (secondary N) is 1. The lowest BCUT2D eigenvalue weighted by Gasteiger charge is -2.26. The van der Waals surface area contributed by atoms with Crippen LogP contribution in [-0.2, 0) is 0 Å². The van der Waals surface area contributed by atoms with Gasteiger partial charge < -0.3 is 10.2 Å². The molecule has 0 aromatic heterocycles. The summed E-state index contributed by atoms with van der Waals surface area (Å²) >= 11 is 0. The molecule has 1 aliphatic rings. The number of anilines is 1. The summed E-state index contributed by atoms with van der Waals surface area (Å²) in [7, 11) is 0. The Morgan fingerprint density at radius 1 is 1.20 bits per heavy atom. The fourth-order valence-electron chi connectivity index (χ4n) is 1.53. The number of nitrogens with zero attached hydrogens (tertiary/aromatic N) is 2. The van der Waals surface area contributed by atoms with Crippen molar-refractivity contribution in [1.82, 2.24) is 10.2 Å². The minimum absolute atomic E-state index is 0.0314. The van der Waals surface area contributed by atoms with Crippen molar-refractivity contribution in [2.75, 3.05) is 31.5 Å². The number of carbonyl (C=O) groups excluding carboxylic acids is 1. The molecule has 0 saturated carbocycles. The summed E-state index contributed by atoms with van der Waals surface area (Å²) in [6.45, 7) is 2.95. The molecule has 2 rings (SSSR count). The van der Waals surface area contributed by atoms with Gasteiger partial charge in [0.1, 0.15) is 0 Å². The SMILES string of the molecule is O=C(Nc1ccccc1)N1CC[N]CC1. The van der Waals surface area contributed by atoms with Gasteiger partial charge in [0, 0.05) is 31.9 Å². The van der Waals surface area contributed by atoms with Crippen LogP contribution in [0.25, 0.3) is 0 Å². The van der Waals surface area contributed by atoms with Crippen molar-refractivity contribution in [3.63, 3.8) is 0 Å². The van der Waals surface area contributed by atoms with Crippen molar-refractivity contribution in [2.24, 2.45) is 0 Å². The Morgan fingerprint density at radius 2 is 1.87 bits per heavy atom. The second-order valence-corrected chi connectivity index (χ2v) is 3.45. The molecule has 0 unspecified atom stereocenters. The maximum atomic E-state index is 11.7. The van der Waals surface area contributed by atoms with E-state index in [1.807, 2.05) is 30.3 Å². The zero-order valence-electron chi connectivity index (χ0n) is 8.52. The summed E-state index contributed by atoms with van der Waals surface area (Å²) in [5.41, 5.74) is 0.838. The first-order valence-corrected chi connectivity index (χ1v) is 5.10. The summed E-state index contributed by atoms with van der Waals surface area (Å²) < 4.78 is 0. The highest BCUT2D eigenvalue weighted by Crippen LogP contribution is 2.06. The molecule has 1 heterocycles. The molecule has 1 saturated heterocycles. The number of carbonyl (C=O) groups is 1. The molecule has 1 fully saturated rings. The summed E-state index contributed by atoms with van der Waals surface area (Å²) in [5.74, 6) is 0.